The van der Waals surface area contributed by atoms with Crippen molar-refractivity contribution in [1.29, 1.82) is 0 Å². The average Bonchev–Trinajstić information content (AvgIpc) is 2.91. The largest absolute Gasteiger partial charge is 0.481 e. The molecular formula is C36H60O4. The lowest BCUT2D eigenvalue weighted by Crippen LogP contribution is -2.50. The number of aliphatic carboxylic acids is 2. The summed E-state index contributed by atoms with van der Waals surface area (Å²) >= 11 is 0. The van der Waals surface area contributed by atoms with Crippen LogP contribution in [0, 0.1) is 40.9 Å². The highest BCUT2D eigenvalue weighted by Crippen LogP contribution is 2.58. The number of rotatable bonds is 17. The first-order chi connectivity index (χ1) is 19.4. The number of carbonyl (C=O) groups is 2. The van der Waals surface area contributed by atoms with Gasteiger partial charge < -0.3 is 10.2 Å². The lowest BCUT2D eigenvalue weighted by molar-refractivity contribution is -0.149. The summed E-state index contributed by atoms with van der Waals surface area (Å²) in [5, 5.41) is 19.5. The van der Waals surface area contributed by atoms with E-state index in [-0.39, 0.29) is 17.8 Å². The minimum Gasteiger partial charge on any atom is -0.481 e. The number of unbranched alkanes of at least 4 members (excludes halogenated alkanes) is 8. The number of carboxylic acid groups (broad SMARTS) is 2. The molecule has 40 heavy (non-hydrogen) atoms. The molecule has 3 aliphatic rings. The van der Waals surface area contributed by atoms with E-state index >= 15 is 0 Å². The number of allylic oxidation sites excluding steroid dienone is 4. The second-order valence-corrected chi connectivity index (χ2v) is 13.5. The molecule has 0 bridgehead atoms. The summed E-state index contributed by atoms with van der Waals surface area (Å²) in [7, 11) is 0. The Balaban J connectivity index is 1.87. The molecule has 1 spiro atoms. The second kappa shape index (κ2) is 17.4. The molecule has 228 valence electrons. The predicted octanol–water partition coefficient (Wildman–Crippen LogP) is 10.2. The highest BCUT2D eigenvalue weighted by atomic mass is 16.4. The van der Waals surface area contributed by atoms with Crippen LogP contribution in [0.4, 0.5) is 0 Å². The van der Waals surface area contributed by atoms with E-state index in [4.69, 9.17) is 5.11 Å². The Morgan fingerprint density at radius 3 is 2.12 bits per heavy atom. The summed E-state index contributed by atoms with van der Waals surface area (Å²) in [6.07, 6.45) is 33.3. The van der Waals surface area contributed by atoms with Gasteiger partial charge in [-0.25, -0.2) is 0 Å². The third-order valence-corrected chi connectivity index (χ3v) is 10.8. The zero-order valence-corrected chi connectivity index (χ0v) is 25.8. The van der Waals surface area contributed by atoms with E-state index in [1.54, 1.807) is 0 Å². The first kappa shape index (κ1) is 32.9. The maximum atomic E-state index is 12.8. The summed E-state index contributed by atoms with van der Waals surface area (Å²) in [5.41, 5.74) is -0.232. The first-order valence-electron chi connectivity index (χ1n) is 17.3. The van der Waals surface area contributed by atoms with Crippen molar-refractivity contribution in [3.05, 3.63) is 24.3 Å². The minimum absolute atomic E-state index is 0.232. The Bertz CT molecular complexity index is 816. The van der Waals surface area contributed by atoms with Crippen molar-refractivity contribution in [2.45, 2.75) is 149 Å². The summed E-state index contributed by atoms with van der Waals surface area (Å²) in [6, 6.07) is 0. The van der Waals surface area contributed by atoms with Crippen LogP contribution in [0.25, 0.3) is 0 Å². The van der Waals surface area contributed by atoms with Crippen molar-refractivity contribution in [2.24, 2.45) is 40.9 Å². The van der Waals surface area contributed by atoms with Gasteiger partial charge in [-0.05, 0) is 68.1 Å². The van der Waals surface area contributed by atoms with Gasteiger partial charge >= 0.3 is 11.9 Å². The van der Waals surface area contributed by atoms with E-state index in [1.165, 1.54) is 57.8 Å². The molecule has 3 aliphatic carbocycles. The molecule has 0 aromatic heterocycles. The lowest BCUT2D eigenvalue weighted by Gasteiger charge is -2.54. The van der Waals surface area contributed by atoms with Crippen LogP contribution in [0.3, 0.4) is 0 Å². The highest BCUT2D eigenvalue weighted by molar-refractivity contribution is 5.72. The molecule has 0 amide bonds. The minimum atomic E-state index is -0.698. The Kier molecular flexibility index (Phi) is 14.3. The van der Waals surface area contributed by atoms with Gasteiger partial charge in [0.2, 0.25) is 0 Å². The zero-order chi connectivity index (χ0) is 28.8. The fraction of sp³-hybridized carbons (Fsp3) is 0.833. The van der Waals surface area contributed by atoms with Gasteiger partial charge in [0.15, 0.2) is 0 Å². The maximum Gasteiger partial charge on any atom is 0.307 e. The summed E-state index contributed by atoms with van der Waals surface area (Å²) in [5.74, 6) is 1.17. The predicted molar refractivity (Wildman–Crippen MR) is 165 cm³/mol. The van der Waals surface area contributed by atoms with Crippen molar-refractivity contribution in [2.75, 3.05) is 0 Å². The third kappa shape index (κ3) is 8.96. The molecule has 3 rings (SSSR count). The van der Waals surface area contributed by atoms with E-state index in [1.807, 2.05) is 0 Å². The molecule has 0 heterocycles. The van der Waals surface area contributed by atoms with E-state index < -0.39 is 11.9 Å². The maximum absolute atomic E-state index is 12.8. The number of fused-ring (bicyclic) bond motifs is 1. The van der Waals surface area contributed by atoms with Crippen LogP contribution in [0.5, 0.6) is 0 Å². The molecule has 4 nitrogen and oxygen atoms in total. The SMILES string of the molecule is CCCCCC1C=CC2C(C=CC3(CCCCCCC3C(=O)O)C2CCCCCCCC(=O)O)C1CCCCC. The van der Waals surface area contributed by atoms with Crippen molar-refractivity contribution in [3.8, 4) is 0 Å². The second-order valence-electron chi connectivity index (χ2n) is 13.5. The summed E-state index contributed by atoms with van der Waals surface area (Å²) < 4.78 is 0. The van der Waals surface area contributed by atoms with Crippen LogP contribution in [-0.4, -0.2) is 22.2 Å². The fourth-order valence-corrected chi connectivity index (χ4v) is 8.74. The fourth-order valence-electron chi connectivity index (χ4n) is 8.74. The molecular weight excluding hydrogens is 496 g/mol. The van der Waals surface area contributed by atoms with Crippen LogP contribution in [0.1, 0.15) is 149 Å². The Morgan fingerprint density at radius 2 is 1.40 bits per heavy atom. The molecule has 0 radical (unpaired) electrons. The normalized spacial score (nSPS) is 31.9. The van der Waals surface area contributed by atoms with Gasteiger partial charge in [0.05, 0.1) is 5.92 Å². The smallest absolute Gasteiger partial charge is 0.307 e. The van der Waals surface area contributed by atoms with Gasteiger partial charge in [-0.3, -0.25) is 9.59 Å². The van der Waals surface area contributed by atoms with Gasteiger partial charge in [-0.1, -0.05) is 128 Å². The van der Waals surface area contributed by atoms with Gasteiger partial charge in [-0.2, -0.15) is 0 Å². The lowest BCUT2D eigenvalue weighted by atomic mass is 9.49. The molecule has 7 atom stereocenters. The monoisotopic (exact) mass is 556 g/mol. The quantitative estimate of drug-likeness (QED) is 0.138. The van der Waals surface area contributed by atoms with E-state index in [0.29, 0.717) is 29.6 Å². The van der Waals surface area contributed by atoms with Gasteiger partial charge in [0.1, 0.15) is 0 Å². The zero-order valence-electron chi connectivity index (χ0n) is 25.8. The van der Waals surface area contributed by atoms with Gasteiger partial charge in [0.25, 0.3) is 0 Å². The van der Waals surface area contributed by atoms with Crippen molar-refractivity contribution in [1.82, 2.24) is 0 Å². The molecule has 1 fully saturated rings. The van der Waals surface area contributed by atoms with E-state index in [0.717, 1.165) is 70.6 Å². The average molecular weight is 557 g/mol. The summed E-state index contributed by atoms with van der Waals surface area (Å²) in [4.78, 5) is 23.7. The molecule has 1 saturated carbocycles. The molecule has 2 N–H and O–H groups in total. The number of hydrogen-bond acceptors (Lipinski definition) is 2. The number of hydrogen-bond donors (Lipinski definition) is 2. The van der Waals surface area contributed by atoms with Crippen LogP contribution in [0.15, 0.2) is 24.3 Å². The molecule has 7 unspecified atom stereocenters. The van der Waals surface area contributed by atoms with Crippen molar-refractivity contribution >= 4 is 11.9 Å². The Hall–Kier alpha value is -1.58. The molecule has 0 aliphatic heterocycles. The van der Waals surface area contributed by atoms with Crippen LogP contribution < -0.4 is 0 Å². The summed E-state index contributed by atoms with van der Waals surface area (Å²) in [6.45, 7) is 4.59. The van der Waals surface area contributed by atoms with E-state index in [2.05, 4.69) is 38.2 Å². The van der Waals surface area contributed by atoms with E-state index in [9.17, 15) is 14.7 Å². The standard InChI is InChI=1S/C36H60O4/c1-3-5-12-18-28-23-24-31-30(29(28)19-13-6-4-2)25-27-36(26-17-11-10-15-21-33(36)35(39)40)32(31)20-14-8-7-9-16-22-34(37)38/h23-25,27-33H,3-22,26H2,1-2H3,(H,37,38)(H,39,40). The van der Waals surface area contributed by atoms with Crippen LogP contribution in [-0.2, 0) is 9.59 Å². The van der Waals surface area contributed by atoms with Crippen LogP contribution in [0.2, 0.25) is 0 Å². The highest BCUT2D eigenvalue weighted by Gasteiger charge is 2.53. The van der Waals surface area contributed by atoms with Crippen molar-refractivity contribution in [3.63, 3.8) is 0 Å². The molecule has 0 aromatic rings. The molecule has 0 aromatic carbocycles. The van der Waals surface area contributed by atoms with Gasteiger partial charge in [-0.15, -0.1) is 0 Å². The third-order valence-electron chi connectivity index (χ3n) is 10.8. The Morgan fingerprint density at radius 1 is 0.725 bits per heavy atom. The Labute approximate surface area is 245 Å². The van der Waals surface area contributed by atoms with Crippen LogP contribution >= 0.6 is 0 Å². The van der Waals surface area contributed by atoms with Gasteiger partial charge in [0, 0.05) is 11.8 Å². The number of carboxylic acids is 2. The molecule has 4 heteroatoms. The first-order valence-corrected chi connectivity index (χ1v) is 17.3. The van der Waals surface area contributed by atoms with Crippen molar-refractivity contribution < 1.29 is 19.8 Å². The topological polar surface area (TPSA) is 74.6 Å². The molecule has 0 saturated heterocycles.